The van der Waals surface area contributed by atoms with Gasteiger partial charge in [-0.05, 0) is 44.8 Å². The average molecular weight is 285 g/mol. The fourth-order valence-corrected chi connectivity index (χ4v) is 1.94. The van der Waals surface area contributed by atoms with Crippen molar-refractivity contribution in [1.29, 1.82) is 0 Å². The third-order valence-corrected chi connectivity index (χ3v) is 2.89. The van der Waals surface area contributed by atoms with Gasteiger partial charge in [0.05, 0.1) is 18.6 Å². The second-order valence-electron chi connectivity index (χ2n) is 4.99. The summed E-state index contributed by atoms with van der Waals surface area (Å²) in [6.07, 6.45) is 2.73. The molecule has 0 saturated carbocycles. The van der Waals surface area contributed by atoms with E-state index in [0.717, 1.165) is 11.3 Å². The lowest BCUT2D eigenvalue weighted by Crippen LogP contribution is -2.40. The highest BCUT2D eigenvalue weighted by Gasteiger charge is 2.20. The van der Waals surface area contributed by atoms with E-state index in [1.807, 2.05) is 50.2 Å². The highest BCUT2D eigenvalue weighted by molar-refractivity contribution is 5.89. The molecular weight excluding hydrogens is 266 g/mol. The molecule has 0 saturated heterocycles. The van der Waals surface area contributed by atoms with Crippen LogP contribution in [0.1, 0.15) is 5.56 Å². The minimum Gasteiger partial charge on any atom is -0.408 e. The molecule has 0 aliphatic carbocycles. The van der Waals surface area contributed by atoms with Crippen molar-refractivity contribution in [1.82, 2.24) is 9.88 Å². The number of amides is 1. The van der Waals surface area contributed by atoms with Crippen LogP contribution in [0.15, 0.2) is 48.8 Å². The molecule has 5 nitrogen and oxygen atoms in total. The summed E-state index contributed by atoms with van der Waals surface area (Å²) in [5.74, 6) is 0.430. The molecule has 1 aromatic carbocycles. The minimum atomic E-state index is -0.425. The van der Waals surface area contributed by atoms with E-state index in [1.54, 1.807) is 23.2 Å². The summed E-state index contributed by atoms with van der Waals surface area (Å²) < 4.78 is 5.38. The zero-order valence-electron chi connectivity index (χ0n) is 12.5. The van der Waals surface area contributed by atoms with Gasteiger partial charge >= 0.3 is 6.09 Å². The van der Waals surface area contributed by atoms with Crippen LogP contribution in [0.3, 0.4) is 0 Å². The molecular formula is C16H19N3O2. The van der Waals surface area contributed by atoms with Gasteiger partial charge in [-0.15, -0.1) is 0 Å². The first-order chi connectivity index (χ1) is 10.1. The van der Waals surface area contributed by atoms with Gasteiger partial charge in [-0.25, -0.2) is 4.79 Å². The smallest absolute Gasteiger partial charge is 0.408 e. The molecule has 0 spiro atoms. The normalized spacial score (nSPS) is 10.5. The van der Waals surface area contributed by atoms with Crippen LogP contribution >= 0.6 is 0 Å². The number of rotatable bonds is 4. The maximum absolute atomic E-state index is 12.5. The van der Waals surface area contributed by atoms with Crippen molar-refractivity contribution in [2.45, 2.75) is 6.92 Å². The molecule has 1 aromatic heterocycles. The maximum Gasteiger partial charge on any atom is 0.420 e. The number of pyridine rings is 1. The zero-order chi connectivity index (χ0) is 15.2. The fraction of sp³-hybridized carbons (Fsp3) is 0.250. The van der Waals surface area contributed by atoms with Crippen molar-refractivity contribution in [2.24, 2.45) is 0 Å². The summed E-state index contributed by atoms with van der Waals surface area (Å²) in [7, 11) is 3.81. The molecule has 5 heteroatoms. The van der Waals surface area contributed by atoms with E-state index < -0.39 is 6.09 Å². The van der Waals surface area contributed by atoms with Crippen LogP contribution in [-0.4, -0.2) is 36.7 Å². The first kappa shape index (κ1) is 15.0. The summed E-state index contributed by atoms with van der Waals surface area (Å²) >= 11 is 0. The first-order valence-electron chi connectivity index (χ1n) is 6.67. The Bertz CT molecular complexity index is 599. The van der Waals surface area contributed by atoms with Crippen molar-refractivity contribution in [3.63, 3.8) is 0 Å². The van der Waals surface area contributed by atoms with Crippen molar-refractivity contribution in [3.05, 3.63) is 54.4 Å². The molecule has 0 N–H and O–H groups in total. The monoisotopic (exact) mass is 285 g/mol. The molecule has 2 rings (SSSR count). The van der Waals surface area contributed by atoms with Crippen molar-refractivity contribution >= 4 is 11.8 Å². The number of carbonyl (C=O) groups excluding carboxylic acids is 1. The standard InChI is InChI=1S/C16H19N3O2/c1-13-7-4-5-9-15(13)19(12-18(2)3)16(20)21-14-8-6-10-17-11-14/h4-11H,12H2,1-3H3. The van der Waals surface area contributed by atoms with Gasteiger partial charge < -0.3 is 4.74 Å². The Balaban J connectivity index is 2.24. The Morgan fingerprint density at radius 3 is 2.57 bits per heavy atom. The van der Waals surface area contributed by atoms with Gasteiger partial charge in [0, 0.05) is 6.20 Å². The highest BCUT2D eigenvalue weighted by atomic mass is 16.6. The molecule has 0 unspecified atom stereocenters. The van der Waals surface area contributed by atoms with Crippen molar-refractivity contribution in [3.8, 4) is 5.75 Å². The topological polar surface area (TPSA) is 45.7 Å². The van der Waals surface area contributed by atoms with Crippen LogP contribution in [0.2, 0.25) is 0 Å². The second-order valence-corrected chi connectivity index (χ2v) is 4.99. The number of hydrogen-bond acceptors (Lipinski definition) is 4. The fourth-order valence-electron chi connectivity index (χ4n) is 1.94. The lowest BCUT2D eigenvalue weighted by molar-refractivity contribution is 0.203. The van der Waals surface area contributed by atoms with Gasteiger partial charge in [0.15, 0.2) is 5.75 Å². The van der Waals surface area contributed by atoms with Crippen LogP contribution < -0.4 is 9.64 Å². The lowest BCUT2D eigenvalue weighted by Gasteiger charge is -2.26. The summed E-state index contributed by atoms with van der Waals surface area (Å²) in [6.45, 7) is 2.40. The van der Waals surface area contributed by atoms with Gasteiger partial charge in [0.25, 0.3) is 0 Å². The Labute approximate surface area is 124 Å². The quantitative estimate of drug-likeness (QED) is 0.810. The van der Waals surface area contributed by atoms with Crippen LogP contribution in [0, 0.1) is 6.92 Å². The van der Waals surface area contributed by atoms with Gasteiger partial charge in [0.1, 0.15) is 0 Å². The highest BCUT2D eigenvalue weighted by Crippen LogP contribution is 2.21. The van der Waals surface area contributed by atoms with Crippen LogP contribution in [0.5, 0.6) is 5.75 Å². The largest absolute Gasteiger partial charge is 0.420 e. The zero-order valence-corrected chi connectivity index (χ0v) is 12.5. The van der Waals surface area contributed by atoms with E-state index in [9.17, 15) is 4.79 Å². The van der Waals surface area contributed by atoms with Gasteiger partial charge in [0.2, 0.25) is 0 Å². The van der Waals surface area contributed by atoms with Crippen LogP contribution in [-0.2, 0) is 0 Å². The lowest BCUT2D eigenvalue weighted by atomic mass is 10.2. The Morgan fingerprint density at radius 1 is 1.19 bits per heavy atom. The predicted octanol–water partition coefficient (Wildman–Crippen LogP) is 2.91. The van der Waals surface area contributed by atoms with E-state index >= 15 is 0 Å². The molecule has 21 heavy (non-hydrogen) atoms. The Morgan fingerprint density at radius 2 is 1.95 bits per heavy atom. The number of benzene rings is 1. The van der Waals surface area contributed by atoms with Gasteiger partial charge in [-0.2, -0.15) is 0 Å². The summed E-state index contributed by atoms with van der Waals surface area (Å²) in [5.41, 5.74) is 1.85. The van der Waals surface area contributed by atoms with E-state index in [2.05, 4.69) is 4.98 Å². The Kier molecular flexibility index (Phi) is 4.90. The average Bonchev–Trinajstić information content (AvgIpc) is 2.46. The summed E-state index contributed by atoms with van der Waals surface area (Å²) in [5, 5.41) is 0. The SMILES string of the molecule is Cc1ccccc1N(CN(C)C)C(=O)Oc1cccnc1. The number of ether oxygens (including phenoxy) is 1. The number of para-hydroxylation sites is 1. The number of aromatic nitrogens is 1. The molecule has 0 atom stereocenters. The molecule has 0 bridgehead atoms. The molecule has 0 aliphatic rings. The first-order valence-corrected chi connectivity index (χ1v) is 6.67. The maximum atomic E-state index is 12.5. The van der Waals surface area contributed by atoms with Gasteiger partial charge in [-0.1, -0.05) is 18.2 Å². The molecule has 1 amide bonds. The predicted molar refractivity (Wildman–Crippen MR) is 82.5 cm³/mol. The second kappa shape index (κ2) is 6.85. The van der Waals surface area contributed by atoms with E-state index in [4.69, 9.17) is 4.74 Å². The van der Waals surface area contributed by atoms with Gasteiger partial charge in [-0.3, -0.25) is 14.8 Å². The molecule has 0 aliphatic heterocycles. The van der Waals surface area contributed by atoms with E-state index in [0.29, 0.717) is 12.4 Å². The molecule has 110 valence electrons. The molecule has 1 heterocycles. The number of nitrogens with zero attached hydrogens (tertiary/aromatic N) is 3. The van der Waals surface area contributed by atoms with E-state index in [1.165, 1.54) is 6.20 Å². The number of aryl methyl sites for hydroxylation is 1. The van der Waals surface area contributed by atoms with Crippen molar-refractivity contribution < 1.29 is 9.53 Å². The van der Waals surface area contributed by atoms with E-state index in [-0.39, 0.29) is 0 Å². The molecule has 0 fully saturated rings. The third kappa shape index (κ3) is 4.03. The minimum absolute atomic E-state index is 0.425. The summed E-state index contributed by atoms with van der Waals surface area (Å²) in [6, 6.07) is 11.2. The van der Waals surface area contributed by atoms with Crippen LogP contribution in [0.4, 0.5) is 10.5 Å². The Hall–Kier alpha value is -2.40. The number of carbonyl (C=O) groups is 1. The molecule has 2 aromatic rings. The number of anilines is 1. The molecule has 0 radical (unpaired) electrons. The number of hydrogen-bond donors (Lipinski definition) is 0. The van der Waals surface area contributed by atoms with Crippen molar-refractivity contribution in [2.75, 3.05) is 25.7 Å². The van der Waals surface area contributed by atoms with Crippen LogP contribution in [0.25, 0.3) is 0 Å². The summed E-state index contributed by atoms with van der Waals surface area (Å²) in [4.78, 5) is 19.9. The third-order valence-electron chi connectivity index (χ3n) is 2.89.